The highest BCUT2D eigenvalue weighted by Crippen LogP contribution is 2.25. The Morgan fingerprint density at radius 2 is 1.79 bits per heavy atom. The molecule has 1 amide bonds. The summed E-state index contributed by atoms with van der Waals surface area (Å²) in [6, 6.07) is 13.7. The van der Waals surface area contributed by atoms with E-state index in [0.717, 1.165) is 24.8 Å². The van der Waals surface area contributed by atoms with Gasteiger partial charge in [-0.2, -0.15) is 4.31 Å². The van der Waals surface area contributed by atoms with Crippen LogP contribution in [0.25, 0.3) is 0 Å². The number of amides is 1. The zero-order chi connectivity index (χ0) is 20.1. The zero-order valence-electron chi connectivity index (χ0n) is 15.9. The fourth-order valence-electron chi connectivity index (χ4n) is 3.42. The number of halogens is 1. The van der Waals surface area contributed by atoms with Crippen molar-refractivity contribution in [2.24, 2.45) is 0 Å². The van der Waals surface area contributed by atoms with E-state index in [4.69, 9.17) is 11.6 Å². The fourth-order valence-corrected chi connectivity index (χ4v) is 5.24. The summed E-state index contributed by atoms with van der Waals surface area (Å²) in [5.74, 6) is -0.218. The van der Waals surface area contributed by atoms with Gasteiger partial charge >= 0.3 is 0 Å². The molecule has 0 unspecified atom stereocenters. The van der Waals surface area contributed by atoms with Crippen molar-refractivity contribution in [3.63, 3.8) is 0 Å². The maximum atomic E-state index is 12.8. The fraction of sp³-hybridized carbons (Fsp3) is 0.381. The van der Waals surface area contributed by atoms with Crippen LogP contribution in [0.15, 0.2) is 53.4 Å². The molecule has 1 N–H and O–H groups in total. The molecule has 0 spiro atoms. The van der Waals surface area contributed by atoms with Gasteiger partial charge in [0.1, 0.15) is 0 Å². The predicted molar refractivity (Wildman–Crippen MR) is 111 cm³/mol. The average Bonchev–Trinajstić information content (AvgIpc) is 2.69. The van der Waals surface area contributed by atoms with Crippen molar-refractivity contribution in [3.8, 4) is 0 Å². The maximum absolute atomic E-state index is 12.8. The van der Waals surface area contributed by atoms with Crippen molar-refractivity contribution < 1.29 is 13.2 Å². The largest absolute Gasteiger partial charge is 0.352 e. The lowest BCUT2D eigenvalue weighted by Gasteiger charge is -2.32. The van der Waals surface area contributed by atoms with Gasteiger partial charge in [0.15, 0.2) is 0 Å². The third kappa shape index (κ3) is 4.93. The van der Waals surface area contributed by atoms with E-state index in [1.165, 1.54) is 12.1 Å². The van der Waals surface area contributed by atoms with E-state index in [2.05, 4.69) is 5.32 Å². The second-order valence-electron chi connectivity index (χ2n) is 7.12. The van der Waals surface area contributed by atoms with Crippen molar-refractivity contribution in [2.75, 3.05) is 13.1 Å². The normalized spacial score (nSPS) is 18.0. The smallest absolute Gasteiger partial charge is 0.251 e. The molecular weight excluding hydrogens is 396 g/mol. The van der Waals surface area contributed by atoms with Gasteiger partial charge in [0.05, 0.1) is 4.90 Å². The summed E-state index contributed by atoms with van der Waals surface area (Å²) >= 11 is 5.86. The molecular formula is C21H25ClN2O3S. The van der Waals surface area contributed by atoms with E-state index < -0.39 is 10.0 Å². The molecule has 0 radical (unpaired) electrons. The van der Waals surface area contributed by atoms with Crippen LogP contribution in [0, 0.1) is 0 Å². The first-order valence-corrected chi connectivity index (χ1v) is 11.3. The quantitative estimate of drug-likeness (QED) is 0.771. The number of nitrogens with zero attached hydrogens (tertiary/aromatic N) is 1. The summed E-state index contributed by atoms with van der Waals surface area (Å²) in [4.78, 5) is 12.5. The molecule has 3 rings (SSSR count). The molecule has 7 heteroatoms. The molecule has 1 heterocycles. The molecule has 5 nitrogen and oxygen atoms in total. The number of hydrogen-bond donors (Lipinski definition) is 1. The van der Waals surface area contributed by atoms with Gasteiger partial charge in [-0.25, -0.2) is 8.42 Å². The monoisotopic (exact) mass is 420 g/mol. The Bertz CT molecular complexity index is 912. The van der Waals surface area contributed by atoms with Gasteiger partial charge in [-0.3, -0.25) is 4.79 Å². The van der Waals surface area contributed by atoms with Crippen molar-refractivity contribution in [1.29, 1.82) is 0 Å². The van der Waals surface area contributed by atoms with Crippen LogP contribution < -0.4 is 5.32 Å². The molecule has 0 bridgehead atoms. The van der Waals surface area contributed by atoms with Crippen LogP contribution in [-0.2, 0) is 16.4 Å². The first-order valence-electron chi connectivity index (χ1n) is 9.52. The maximum Gasteiger partial charge on any atom is 0.251 e. The van der Waals surface area contributed by atoms with Crippen molar-refractivity contribution in [2.45, 2.75) is 43.5 Å². The minimum Gasteiger partial charge on any atom is -0.352 e. The molecule has 150 valence electrons. The molecule has 1 aliphatic rings. The number of benzene rings is 2. The highest BCUT2D eigenvalue weighted by Gasteiger charge is 2.30. The summed E-state index contributed by atoms with van der Waals surface area (Å²) < 4.78 is 27.3. The third-order valence-electron chi connectivity index (χ3n) is 5.08. The minimum atomic E-state index is -3.52. The second kappa shape index (κ2) is 9.07. The molecule has 0 aliphatic carbocycles. The summed E-state index contributed by atoms with van der Waals surface area (Å²) in [6.45, 7) is 2.99. The molecule has 1 aliphatic heterocycles. The van der Waals surface area contributed by atoms with E-state index in [9.17, 15) is 13.2 Å². The molecule has 1 saturated heterocycles. The van der Waals surface area contributed by atoms with Crippen LogP contribution in [0.2, 0.25) is 5.02 Å². The van der Waals surface area contributed by atoms with Crippen LogP contribution in [0.4, 0.5) is 0 Å². The lowest BCUT2D eigenvalue weighted by Crippen LogP contribution is -2.41. The summed E-state index contributed by atoms with van der Waals surface area (Å²) in [5, 5.41) is 3.54. The van der Waals surface area contributed by atoms with Gasteiger partial charge in [-0.1, -0.05) is 30.2 Å². The Morgan fingerprint density at radius 3 is 2.43 bits per heavy atom. The number of nitrogens with one attached hydrogen (secondary N) is 1. The van der Waals surface area contributed by atoms with Crippen LogP contribution in [0.3, 0.4) is 0 Å². The lowest BCUT2D eigenvalue weighted by molar-refractivity contribution is 0.0954. The summed E-state index contributed by atoms with van der Waals surface area (Å²) in [5.41, 5.74) is 1.53. The topological polar surface area (TPSA) is 66.5 Å². The number of hydrogen-bond acceptors (Lipinski definition) is 3. The second-order valence-corrected chi connectivity index (χ2v) is 9.44. The van der Waals surface area contributed by atoms with Crippen LogP contribution in [0.1, 0.15) is 42.1 Å². The predicted octanol–water partition coefficient (Wildman–Crippen LogP) is 3.88. The van der Waals surface area contributed by atoms with E-state index in [1.54, 1.807) is 16.4 Å². The Hall–Kier alpha value is -1.89. The Labute approximate surface area is 171 Å². The summed E-state index contributed by atoms with van der Waals surface area (Å²) in [7, 11) is -3.52. The van der Waals surface area contributed by atoms with Crippen LogP contribution in [0.5, 0.6) is 0 Å². The van der Waals surface area contributed by atoms with Gasteiger partial charge < -0.3 is 5.32 Å². The van der Waals surface area contributed by atoms with Crippen LogP contribution in [-0.4, -0.2) is 37.8 Å². The first-order chi connectivity index (χ1) is 13.4. The standard InChI is InChI=1S/C21H25ClN2O3S/c1-16-4-2-3-15-24(16)28(26,27)20-11-7-18(8-12-20)21(25)23-14-13-17-5-9-19(22)10-6-17/h5-12,16H,2-4,13-15H2,1H3,(H,23,25)/t16-/m1/s1. The van der Waals surface area contributed by atoms with Crippen molar-refractivity contribution in [3.05, 3.63) is 64.7 Å². The van der Waals surface area contributed by atoms with Gasteiger partial charge in [0, 0.05) is 29.7 Å². The molecule has 0 aromatic heterocycles. The minimum absolute atomic E-state index is 0.00888. The number of carbonyl (C=O) groups excluding carboxylic acids is 1. The van der Waals surface area contributed by atoms with Gasteiger partial charge in [-0.05, 0) is 68.1 Å². The average molecular weight is 421 g/mol. The molecule has 1 fully saturated rings. The van der Waals surface area contributed by atoms with Crippen molar-refractivity contribution in [1.82, 2.24) is 9.62 Å². The molecule has 2 aromatic carbocycles. The van der Waals surface area contributed by atoms with E-state index in [0.29, 0.717) is 30.1 Å². The first kappa shape index (κ1) is 20.8. The van der Waals surface area contributed by atoms with Gasteiger partial charge in [0.25, 0.3) is 5.91 Å². The van der Waals surface area contributed by atoms with Gasteiger partial charge in [-0.15, -0.1) is 0 Å². The number of rotatable bonds is 6. The highest BCUT2D eigenvalue weighted by molar-refractivity contribution is 7.89. The molecule has 1 atom stereocenters. The highest BCUT2D eigenvalue weighted by atomic mass is 35.5. The number of carbonyl (C=O) groups is 1. The molecule has 2 aromatic rings. The van der Waals surface area contributed by atoms with Gasteiger partial charge in [0.2, 0.25) is 10.0 Å². The SMILES string of the molecule is C[C@@H]1CCCCN1S(=O)(=O)c1ccc(C(=O)NCCc2ccc(Cl)cc2)cc1. The van der Waals surface area contributed by atoms with Crippen molar-refractivity contribution >= 4 is 27.5 Å². The Kier molecular flexibility index (Phi) is 6.75. The van der Waals surface area contributed by atoms with E-state index in [-0.39, 0.29) is 16.8 Å². The Morgan fingerprint density at radius 1 is 1.11 bits per heavy atom. The molecule has 0 saturated carbocycles. The number of sulfonamides is 1. The van der Waals surface area contributed by atoms with E-state index >= 15 is 0 Å². The van der Waals surface area contributed by atoms with Crippen LogP contribution >= 0.6 is 11.6 Å². The zero-order valence-corrected chi connectivity index (χ0v) is 17.5. The van der Waals surface area contributed by atoms with E-state index in [1.807, 2.05) is 31.2 Å². The third-order valence-corrected chi connectivity index (χ3v) is 7.36. The lowest BCUT2D eigenvalue weighted by atomic mass is 10.1. The molecule has 28 heavy (non-hydrogen) atoms. The summed E-state index contributed by atoms with van der Waals surface area (Å²) in [6.07, 6.45) is 3.52. The number of piperidine rings is 1. The Balaban J connectivity index is 1.60.